The molecule has 110 valence electrons. The second kappa shape index (κ2) is 5.93. The van der Waals surface area contributed by atoms with Crippen molar-refractivity contribution in [2.45, 2.75) is 26.7 Å². The van der Waals surface area contributed by atoms with Crippen molar-refractivity contribution in [3.8, 4) is 10.6 Å². The van der Waals surface area contributed by atoms with E-state index < -0.39 is 0 Å². The molecule has 5 heteroatoms. The molecule has 0 amide bonds. The molecule has 3 rings (SSSR count). The highest BCUT2D eigenvalue weighted by molar-refractivity contribution is 7.18. The first kappa shape index (κ1) is 14.2. The van der Waals surface area contributed by atoms with Crippen LogP contribution in [-0.2, 0) is 0 Å². The van der Waals surface area contributed by atoms with E-state index in [1.807, 2.05) is 6.92 Å². The molecule has 0 saturated carbocycles. The number of aryl methyl sites for hydroxylation is 1. The van der Waals surface area contributed by atoms with E-state index in [-0.39, 0.29) is 0 Å². The van der Waals surface area contributed by atoms with E-state index in [0.717, 1.165) is 47.3 Å². The minimum absolute atomic E-state index is 0.450. The molecule has 0 atom stereocenters. The minimum Gasteiger partial charge on any atom is -0.347 e. The molecule has 0 bridgehead atoms. The van der Waals surface area contributed by atoms with Gasteiger partial charge < -0.3 is 10.3 Å². The third kappa shape index (κ3) is 3.13. The normalized spacial score (nSPS) is 16.2. The average molecular weight is 300 g/mol. The van der Waals surface area contributed by atoms with Crippen LogP contribution < -0.4 is 4.90 Å². The molecular weight excluding hydrogens is 280 g/mol. The quantitative estimate of drug-likeness (QED) is 0.878. The lowest BCUT2D eigenvalue weighted by Gasteiger charge is -2.30. The van der Waals surface area contributed by atoms with Crippen LogP contribution in [0.15, 0.2) is 24.3 Å². The van der Waals surface area contributed by atoms with Crippen LogP contribution in [0.5, 0.6) is 0 Å². The van der Waals surface area contributed by atoms with Gasteiger partial charge in [-0.25, -0.2) is 0 Å². The molecule has 1 aliphatic rings. The first-order valence-corrected chi connectivity index (χ1v) is 8.15. The van der Waals surface area contributed by atoms with Gasteiger partial charge in [-0.1, -0.05) is 41.2 Å². The van der Waals surface area contributed by atoms with Gasteiger partial charge in [-0.05, 0) is 32.6 Å². The van der Waals surface area contributed by atoms with Crippen molar-refractivity contribution in [3.63, 3.8) is 0 Å². The topological polar surface area (TPSA) is 52.9 Å². The van der Waals surface area contributed by atoms with Crippen molar-refractivity contribution >= 4 is 22.2 Å². The maximum atomic E-state index is 7.75. The molecule has 1 saturated heterocycles. The maximum Gasteiger partial charge on any atom is 0.208 e. The third-order valence-corrected chi connectivity index (χ3v) is 5.12. The first-order chi connectivity index (χ1) is 10.1. The van der Waals surface area contributed by atoms with E-state index in [9.17, 15) is 0 Å². The fraction of sp³-hybridized carbons (Fsp3) is 0.438. The zero-order valence-electron chi connectivity index (χ0n) is 12.5. The largest absolute Gasteiger partial charge is 0.347 e. The van der Waals surface area contributed by atoms with Gasteiger partial charge in [0.05, 0.1) is 0 Å². The summed E-state index contributed by atoms with van der Waals surface area (Å²) >= 11 is 1.66. The van der Waals surface area contributed by atoms with Crippen LogP contribution >= 0.6 is 11.3 Å². The number of hydrogen-bond acceptors (Lipinski definition) is 5. The summed E-state index contributed by atoms with van der Waals surface area (Å²) < 4.78 is 0. The lowest BCUT2D eigenvalue weighted by molar-refractivity contribution is 0.498. The summed E-state index contributed by atoms with van der Waals surface area (Å²) in [5.41, 5.74) is 3.20. The highest BCUT2D eigenvalue weighted by atomic mass is 32.1. The predicted molar refractivity (Wildman–Crippen MR) is 88.4 cm³/mol. The van der Waals surface area contributed by atoms with E-state index >= 15 is 0 Å². The molecule has 1 aliphatic heterocycles. The van der Waals surface area contributed by atoms with Crippen LogP contribution in [-0.4, -0.2) is 29.0 Å². The van der Waals surface area contributed by atoms with Crippen molar-refractivity contribution in [2.75, 3.05) is 18.0 Å². The smallest absolute Gasteiger partial charge is 0.208 e. The number of benzene rings is 1. The van der Waals surface area contributed by atoms with Crippen molar-refractivity contribution in [2.24, 2.45) is 5.92 Å². The van der Waals surface area contributed by atoms with E-state index in [1.54, 1.807) is 11.3 Å². The van der Waals surface area contributed by atoms with Crippen molar-refractivity contribution in [1.29, 1.82) is 5.41 Å². The minimum atomic E-state index is 0.450. The lowest BCUT2D eigenvalue weighted by Crippen LogP contribution is -2.35. The summed E-state index contributed by atoms with van der Waals surface area (Å²) in [7, 11) is 0. The highest BCUT2D eigenvalue weighted by Gasteiger charge is 2.23. The number of rotatable bonds is 3. The number of nitrogens with zero attached hydrogens (tertiary/aromatic N) is 3. The third-order valence-electron chi connectivity index (χ3n) is 4.09. The van der Waals surface area contributed by atoms with Gasteiger partial charge in [0.2, 0.25) is 5.13 Å². The van der Waals surface area contributed by atoms with Crippen molar-refractivity contribution in [3.05, 3.63) is 29.8 Å². The van der Waals surface area contributed by atoms with E-state index in [1.165, 1.54) is 5.56 Å². The van der Waals surface area contributed by atoms with Crippen molar-refractivity contribution < 1.29 is 0 Å². The van der Waals surface area contributed by atoms with E-state index in [4.69, 9.17) is 5.41 Å². The molecule has 1 fully saturated rings. The Labute approximate surface area is 129 Å². The standard InChI is InChI=1S/C16H20N4S/c1-11-3-5-14(6-4-11)15-18-19-16(21-15)20-9-7-13(8-10-20)12(2)17/h3-6,13,17H,7-10H2,1-2H3. The fourth-order valence-corrected chi connectivity index (χ4v) is 3.56. The number of nitrogens with one attached hydrogen (secondary N) is 1. The van der Waals surface area contributed by atoms with Crippen LogP contribution in [0.3, 0.4) is 0 Å². The molecular formula is C16H20N4S. The predicted octanol–water partition coefficient (Wildman–Crippen LogP) is 3.77. The molecule has 4 nitrogen and oxygen atoms in total. The molecule has 2 heterocycles. The summed E-state index contributed by atoms with van der Waals surface area (Å²) in [6, 6.07) is 8.41. The molecule has 1 N–H and O–H groups in total. The Morgan fingerprint density at radius 2 is 1.86 bits per heavy atom. The molecule has 1 aromatic carbocycles. The summed E-state index contributed by atoms with van der Waals surface area (Å²) in [4.78, 5) is 2.30. The Hall–Kier alpha value is -1.75. The molecule has 0 unspecified atom stereocenters. The zero-order chi connectivity index (χ0) is 14.8. The van der Waals surface area contributed by atoms with Gasteiger partial charge in [-0.3, -0.25) is 0 Å². The molecule has 2 aromatic rings. The second-order valence-corrected chi connectivity index (χ2v) is 6.66. The van der Waals surface area contributed by atoms with Gasteiger partial charge in [0.25, 0.3) is 0 Å². The Bertz CT molecular complexity index is 624. The van der Waals surface area contributed by atoms with Crippen LogP contribution in [0.2, 0.25) is 0 Å². The molecule has 0 radical (unpaired) electrons. The van der Waals surface area contributed by atoms with E-state index in [0.29, 0.717) is 5.92 Å². The summed E-state index contributed by atoms with van der Waals surface area (Å²) in [6.45, 7) is 5.96. The SMILES string of the molecule is CC(=N)C1CCN(c2nnc(-c3ccc(C)cc3)s2)CC1. The number of anilines is 1. The number of hydrogen-bond donors (Lipinski definition) is 1. The van der Waals surface area contributed by atoms with Gasteiger partial charge in [-0.15, -0.1) is 10.2 Å². The number of aromatic nitrogens is 2. The molecule has 21 heavy (non-hydrogen) atoms. The summed E-state index contributed by atoms with van der Waals surface area (Å²) in [6.07, 6.45) is 2.10. The maximum absolute atomic E-state index is 7.75. The van der Waals surface area contributed by atoms with Crippen LogP contribution in [0.4, 0.5) is 5.13 Å². The van der Waals surface area contributed by atoms with Crippen LogP contribution in [0.1, 0.15) is 25.3 Å². The Morgan fingerprint density at radius 1 is 1.19 bits per heavy atom. The lowest BCUT2D eigenvalue weighted by atomic mass is 9.93. The van der Waals surface area contributed by atoms with Gasteiger partial charge in [0.15, 0.2) is 0 Å². The number of piperidine rings is 1. The Kier molecular flexibility index (Phi) is 4.01. The highest BCUT2D eigenvalue weighted by Crippen LogP contribution is 2.31. The van der Waals surface area contributed by atoms with Gasteiger partial charge in [-0.2, -0.15) is 0 Å². The van der Waals surface area contributed by atoms with Gasteiger partial charge in [0, 0.05) is 24.4 Å². The fourth-order valence-electron chi connectivity index (χ4n) is 2.66. The summed E-state index contributed by atoms with van der Waals surface area (Å²) in [5.74, 6) is 0.450. The Morgan fingerprint density at radius 3 is 2.48 bits per heavy atom. The Balaban J connectivity index is 1.71. The average Bonchev–Trinajstić information content (AvgIpc) is 2.98. The molecule has 0 aliphatic carbocycles. The molecule has 1 aromatic heterocycles. The van der Waals surface area contributed by atoms with Crippen LogP contribution in [0, 0.1) is 18.3 Å². The second-order valence-electron chi connectivity index (χ2n) is 5.70. The zero-order valence-corrected chi connectivity index (χ0v) is 13.3. The van der Waals surface area contributed by atoms with Gasteiger partial charge >= 0.3 is 0 Å². The molecule has 0 spiro atoms. The van der Waals surface area contributed by atoms with E-state index in [2.05, 4.69) is 46.3 Å². The monoisotopic (exact) mass is 300 g/mol. The van der Waals surface area contributed by atoms with Gasteiger partial charge in [0.1, 0.15) is 5.01 Å². The van der Waals surface area contributed by atoms with Crippen molar-refractivity contribution in [1.82, 2.24) is 10.2 Å². The summed E-state index contributed by atoms with van der Waals surface area (Å²) in [5, 5.41) is 18.4. The van der Waals surface area contributed by atoms with Crippen LogP contribution in [0.25, 0.3) is 10.6 Å². The first-order valence-electron chi connectivity index (χ1n) is 7.34.